The molecule has 0 aliphatic carbocycles. The average Bonchev–Trinajstić information content (AvgIpc) is 2.68. The first kappa shape index (κ1) is 11.0. The van der Waals surface area contributed by atoms with E-state index in [-0.39, 0.29) is 5.95 Å². The summed E-state index contributed by atoms with van der Waals surface area (Å²) in [5.74, 6) is 5.48. The first-order chi connectivity index (χ1) is 7.70. The van der Waals surface area contributed by atoms with Crippen LogP contribution in [0.5, 0.6) is 0 Å². The summed E-state index contributed by atoms with van der Waals surface area (Å²) < 4.78 is 1.51. The summed E-state index contributed by atoms with van der Waals surface area (Å²) in [5.41, 5.74) is 2.34. The SMILES string of the molecule is Cn1nnnc1Sc1nc(NN)ncc1Cl. The van der Waals surface area contributed by atoms with Gasteiger partial charge < -0.3 is 0 Å². The van der Waals surface area contributed by atoms with Gasteiger partial charge in [-0.1, -0.05) is 11.6 Å². The molecule has 0 aromatic carbocycles. The summed E-state index contributed by atoms with van der Waals surface area (Å²) in [5, 5.41) is 12.5. The van der Waals surface area contributed by atoms with Gasteiger partial charge in [0.25, 0.3) is 0 Å². The number of hydrogen-bond acceptors (Lipinski definition) is 8. The molecule has 8 nitrogen and oxygen atoms in total. The Bertz CT molecular complexity index is 499. The molecule has 0 radical (unpaired) electrons. The molecular weight excluding hydrogens is 252 g/mol. The van der Waals surface area contributed by atoms with Gasteiger partial charge in [0.05, 0.1) is 11.2 Å². The molecule has 10 heteroatoms. The van der Waals surface area contributed by atoms with E-state index in [4.69, 9.17) is 17.4 Å². The molecule has 3 N–H and O–H groups in total. The summed E-state index contributed by atoms with van der Waals surface area (Å²) in [4.78, 5) is 7.94. The zero-order valence-corrected chi connectivity index (χ0v) is 9.70. The van der Waals surface area contributed by atoms with E-state index in [0.29, 0.717) is 15.2 Å². The van der Waals surface area contributed by atoms with Gasteiger partial charge in [-0.3, -0.25) is 5.43 Å². The first-order valence-corrected chi connectivity index (χ1v) is 5.29. The van der Waals surface area contributed by atoms with E-state index >= 15 is 0 Å². The Hall–Kier alpha value is -1.45. The topological polar surface area (TPSA) is 107 Å². The second kappa shape index (κ2) is 4.60. The minimum Gasteiger partial charge on any atom is -0.292 e. The smallest absolute Gasteiger partial charge is 0.238 e. The highest BCUT2D eigenvalue weighted by molar-refractivity contribution is 7.99. The van der Waals surface area contributed by atoms with Gasteiger partial charge >= 0.3 is 0 Å². The van der Waals surface area contributed by atoms with E-state index in [1.807, 2.05) is 0 Å². The van der Waals surface area contributed by atoms with Crippen molar-refractivity contribution in [3.63, 3.8) is 0 Å². The van der Waals surface area contributed by atoms with Gasteiger partial charge in [-0.2, -0.15) is 0 Å². The molecule has 0 bridgehead atoms. The van der Waals surface area contributed by atoms with E-state index < -0.39 is 0 Å². The van der Waals surface area contributed by atoms with Crippen LogP contribution < -0.4 is 11.3 Å². The maximum Gasteiger partial charge on any atom is 0.238 e. The van der Waals surface area contributed by atoms with Crippen molar-refractivity contribution in [1.29, 1.82) is 0 Å². The molecule has 0 aliphatic rings. The quantitative estimate of drug-likeness (QED) is 0.453. The van der Waals surface area contributed by atoms with Crippen LogP contribution in [0.3, 0.4) is 0 Å². The number of nitrogen functional groups attached to an aromatic ring is 1. The van der Waals surface area contributed by atoms with E-state index in [0.717, 1.165) is 0 Å². The fourth-order valence-corrected chi connectivity index (χ4v) is 1.79. The second-order valence-electron chi connectivity index (χ2n) is 2.68. The summed E-state index contributed by atoms with van der Waals surface area (Å²) in [6.07, 6.45) is 1.45. The molecule has 0 atom stereocenters. The molecule has 16 heavy (non-hydrogen) atoms. The van der Waals surface area contributed by atoms with Crippen molar-refractivity contribution in [2.75, 3.05) is 5.43 Å². The van der Waals surface area contributed by atoms with Crippen LogP contribution in [0.1, 0.15) is 0 Å². The molecule has 2 aromatic heterocycles. The van der Waals surface area contributed by atoms with E-state index in [1.54, 1.807) is 7.05 Å². The number of aromatic nitrogens is 6. The predicted molar refractivity (Wildman–Crippen MR) is 57.8 cm³/mol. The zero-order chi connectivity index (χ0) is 11.5. The van der Waals surface area contributed by atoms with Gasteiger partial charge in [-0.15, -0.1) is 5.10 Å². The number of rotatable bonds is 3. The molecule has 0 spiro atoms. The third-order valence-corrected chi connectivity index (χ3v) is 3.03. The van der Waals surface area contributed by atoms with Crippen LogP contribution in [0.4, 0.5) is 5.95 Å². The van der Waals surface area contributed by atoms with Crippen LogP contribution in [0.25, 0.3) is 0 Å². The zero-order valence-electron chi connectivity index (χ0n) is 8.12. The number of hydrogen-bond donors (Lipinski definition) is 2. The fraction of sp³-hybridized carbons (Fsp3) is 0.167. The fourth-order valence-electron chi connectivity index (χ4n) is 0.887. The van der Waals surface area contributed by atoms with Crippen molar-refractivity contribution in [2.45, 2.75) is 10.2 Å². The first-order valence-electron chi connectivity index (χ1n) is 4.10. The standard InChI is InChI=1S/C6H7ClN8S/c1-15-6(12-13-14-15)16-4-3(7)2-9-5(10-4)11-8/h2H,8H2,1H3,(H,9,10,11). The van der Waals surface area contributed by atoms with Crippen molar-refractivity contribution < 1.29 is 0 Å². The molecule has 0 aliphatic heterocycles. The molecular formula is C6H7ClN8S. The van der Waals surface area contributed by atoms with E-state index in [1.165, 1.54) is 22.6 Å². The van der Waals surface area contributed by atoms with Crippen LogP contribution in [0, 0.1) is 0 Å². The van der Waals surface area contributed by atoms with Gasteiger partial charge in [0, 0.05) is 7.05 Å². The monoisotopic (exact) mass is 258 g/mol. The molecule has 2 aromatic rings. The van der Waals surface area contributed by atoms with Crippen molar-refractivity contribution in [3.05, 3.63) is 11.2 Å². The number of aryl methyl sites for hydroxylation is 1. The molecule has 2 heterocycles. The van der Waals surface area contributed by atoms with Crippen LogP contribution in [-0.2, 0) is 7.05 Å². The molecule has 2 rings (SSSR count). The van der Waals surface area contributed by atoms with Crippen LogP contribution >= 0.6 is 23.4 Å². The van der Waals surface area contributed by atoms with Gasteiger partial charge in [0.2, 0.25) is 11.1 Å². The number of tetrazole rings is 1. The molecule has 0 fully saturated rings. The summed E-state index contributed by atoms with van der Waals surface area (Å²) in [7, 11) is 1.72. The van der Waals surface area contributed by atoms with Crippen molar-refractivity contribution >= 4 is 29.3 Å². The maximum atomic E-state index is 5.93. The Morgan fingerprint density at radius 3 is 3.00 bits per heavy atom. The molecule has 0 saturated heterocycles. The Kier molecular flexibility index (Phi) is 3.17. The van der Waals surface area contributed by atoms with Crippen LogP contribution in [-0.4, -0.2) is 30.2 Å². The Morgan fingerprint density at radius 2 is 2.38 bits per heavy atom. The molecule has 0 saturated carbocycles. The Morgan fingerprint density at radius 1 is 1.56 bits per heavy atom. The Balaban J connectivity index is 2.30. The van der Waals surface area contributed by atoms with Crippen molar-refractivity contribution in [3.8, 4) is 0 Å². The van der Waals surface area contributed by atoms with Crippen molar-refractivity contribution in [2.24, 2.45) is 12.9 Å². The largest absolute Gasteiger partial charge is 0.292 e. The highest BCUT2D eigenvalue weighted by atomic mass is 35.5. The lowest BCUT2D eigenvalue weighted by atomic mass is 10.7. The van der Waals surface area contributed by atoms with E-state index in [9.17, 15) is 0 Å². The predicted octanol–water partition coefficient (Wildman–Crippen LogP) is 0.0903. The summed E-state index contributed by atoms with van der Waals surface area (Å²) >= 11 is 7.16. The van der Waals surface area contributed by atoms with Crippen molar-refractivity contribution in [1.82, 2.24) is 30.2 Å². The van der Waals surface area contributed by atoms with Crippen LogP contribution in [0.15, 0.2) is 16.4 Å². The summed E-state index contributed by atoms with van der Waals surface area (Å²) in [6.45, 7) is 0. The second-order valence-corrected chi connectivity index (χ2v) is 4.04. The number of hydrazine groups is 1. The van der Waals surface area contributed by atoms with Gasteiger partial charge in [-0.05, 0) is 22.2 Å². The lowest BCUT2D eigenvalue weighted by Gasteiger charge is -2.03. The summed E-state index contributed by atoms with van der Waals surface area (Å²) in [6, 6.07) is 0. The third kappa shape index (κ3) is 2.21. The lowest BCUT2D eigenvalue weighted by molar-refractivity contribution is 0.664. The average molecular weight is 259 g/mol. The van der Waals surface area contributed by atoms with Gasteiger partial charge in [0.1, 0.15) is 5.03 Å². The lowest BCUT2D eigenvalue weighted by Crippen LogP contribution is -2.10. The normalized spacial score (nSPS) is 10.4. The number of nitrogens with zero attached hydrogens (tertiary/aromatic N) is 6. The van der Waals surface area contributed by atoms with Crippen LogP contribution in [0.2, 0.25) is 5.02 Å². The number of anilines is 1. The highest BCUT2D eigenvalue weighted by Gasteiger charge is 2.11. The third-order valence-electron chi connectivity index (χ3n) is 1.61. The number of nitrogens with one attached hydrogen (secondary N) is 1. The van der Waals surface area contributed by atoms with E-state index in [2.05, 4.69) is 30.9 Å². The highest BCUT2D eigenvalue weighted by Crippen LogP contribution is 2.29. The maximum absolute atomic E-state index is 5.93. The van der Waals surface area contributed by atoms with Gasteiger partial charge in [-0.25, -0.2) is 20.5 Å². The molecule has 0 unspecified atom stereocenters. The Labute approximate surface area is 99.6 Å². The number of halogens is 1. The number of nitrogens with two attached hydrogens (primary N) is 1. The molecule has 84 valence electrons. The van der Waals surface area contributed by atoms with Gasteiger partial charge in [0.15, 0.2) is 0 Å². The minimum absolute atomic E-state index is 0.280. The minimum atomic E-state index is 0.280. The molecule has 0 amide bonds.